The summed E-state index contributed by atoms with van der Waals surface area (Å²) in [5.74, 6) is 0.573. The Kier molecular flexibility index (Phi) is 5.36. The van der Waals surface area contributed by atoms with Crippen LogP contribution in [0.25, 0.3) is 0 Å². The van der Waals surface area contributed by atoms with Crippen LogP contribution < -0.4 is 0 Å². The molecule has 1 aliphatic carbocycles. The summed E-state index contributed by atoms with van der Waals surface area (Å²) in [6.07, 6.45) is 5.88. The van der Waals surface area contributed by atoms with E-state index < -0.39 is 0 Å². The van der Waals surface area contributed by atoms with Crippen molar-refractivity contribution in [1.29, 1.82) is 0 Å². The fraction of sp³-hybridized carbons (Fsp3) is 0.368. The van der Waals surface area contributed by atoms with Crippen LogP contribution in [0.15, 0.2) is 46.6 Å². The lowest BCUT2D eigenvalue weighted by molar-refractivity contribution is -0.113. The molecule has 0 fully saturated rings. The number of allylic oxidation sites excluding steroid dienone is 3. The van der Waals surface area contributed by atoms with Gasteiger partial charge in [0.2, 0.25) is 0 Å². The summed E-state index contributed by atoms with van der Waals surface area (Å²) >= 11 is 6.09. The molecule has 0 amide bonds. The molecule has 1 aliphatic rings. The fourth-order valence-corrected chi connectivity index (χ4v) is 2.81. The van der Waals surface area contributed by atoms with Crippen LogP contribution in [0.1, 0.15) is 44.7 Å². The number of carbonyl (C=O) groups is 1. The smallest absolute Gasteiger partial charge is 0.157 e. The first kappa shape index (κ1) is 16.7. The Labute approximate surface area is 137 Å². The van der Waals surface area contributed by atoms with Crippen molar-refractivity contribution in [2.24, 2.45) is 10.9 Å². The summed E-state index contributed by atoms with van der Waals surface area (Å²) in [7, 11) is 0. The fourth-order valence-electron chi connectivity index (χ4n) is 2.64. The molecular weight excluding hydrogens is 294 g/mol. The van der Waals surface area contributed by atoms with Gasteiger partial charge in [-0.2, -0.15) is 0 Å². The van der Waals surface area contributed by atoms with E-state index in [1.165, 1.54) is 0 Å². The molecule has 0 radical (unpaired) electrons. The molecule has 0 spiro atoms. The Bertz CT molecular complexity index is 683. The molecule has 1 aromatic carbocycles. The third-order valence-corrected chi connectivity index (χ3v) is 4.28. The maximum absolute atomic E-state index is 11.9. The number of carbonyl (C=O) groups excluding carboxylic acids is 1. The number of hydrogen-bond acceptors (Lipinski definition) is 2. The molecule has 0 saturated heterocycles. The number of aryl methyl sites for hydroxylation is 1. The van der Waals surface area contributed by atoms with Gasteiger partial charge in [0, 0.05) is 21.9 Å². The Morgan fingerprint density at radius 3 is 2.73 bits per heavy atom. The molecule has 116 valence electrons. The van der Waals surface area contributed by atoms with E-state index in [1.54, 1.807) is 6.92 Å². The number of Topliss-reactive ketones (excluding diaryl/α,β-unsaturated/α-hetero) is 1. The third-order valence-electron chi connectivity index (χ3n) is 4.04. The molecule has 0 saturated carbocycles. The normalized spacial score (nSPS) is 19.3. The zero-order chi connectivity index (χ0) is 16.3. The van der Waals surface area contributed by atoms with E-state index in [9.17, 15) is 4.79 Å². The van der Waals surface area contributed by atoms with E-state index in [0.29, 0.717) is 10.9 Å². The summed E-state index contributed by atoms with van der Waals surface area (Å²) in [6.45, 7) is 7.78. The van der Waals surface area contributed by atoms with Crippen molar-refractivity contribution in [3.05, 3.63) is 57.8 Å². The SMILES string of the molecule is CC(=O)C1=C(N=C(C)c2cc(Cl)ccc2C)C=CC(C)CC1. The van der Waals surface area contributed by atoms with Crippen molar-refractivity contribution < 1.29 is 4.79 Å². The molecule has 0 aliphatic heterocycles. The zero-order valence-electron chi connectivity index (χ0n) is 13.6. The Hall–Kier alpha value is -1.67. The molecule has 0 aromatic heterocycles. The Morgan fingerprint density at radius 1 is 1.32 bits per heavy atom. The van der Waals surface area contributed by atoms with Gasteiger partial charge in [0.15, 0.2) is 5.78 Å². The molecule has 22 heavy (non-hydrogen) atoms. The van der Waals surface area contributed by atoms with Gasteiger partial charge >= 0.3 is 0 Å². The summed E-state index contributed by atoms with van der Waals surface area (Å²) in [4.78, 5) is 16.7. The number of halogens is 1. The van der Waals surface area contributed by atoms with Gasteiger partial charge in [-0.25, -0.2) is 0 Å². The van der Waals surface area contributed by atoms with Gasteiger partial charge in [-0.05, 0) is 63.3 Å². The van der Waals surface area contributed by atoms with Gasteiger partial charge in [0.25, 0.3) is 0 Å². The minimum absolute atomic E-state index is 0.105. The topological polar surface area (TPSA) is 29.4 Å². The molecule has 2 nitrogen and oxygen atoms in total. The zero-order valence-corrected chi connectivity index (χ0v) is 14.4. The highest BCUT2D eigenvalue weighted by Crippen LogP contribution is 2.25. The minimum Gasteiger partial charge on any atom is -0.295 e. The van der Waals surface area contributed by atoms with Gasteiger partial charge in [0.1, 0.15) is 0 Å². The predicted octanol–water partition coefficient (Wildman–Crippen LogP) is 5.29. The van der Waals surface area contributed by atoms with E-state index in [4.69, 9.17) is 16.6 Å². The summed E-state index contributed by atoms with van der Waals surface area (Å²) in [5.41, 5.74) is 4.64. The Balaban J connectivity index is 2.49. The predicted molar refractivity (Wildman–Crippen MR) is 93.6 cm³/mol. The highest BCUT2D eigenvalue weighted by Gasteiger charge is 2.15. The van der Waals surface area contributed by atoms with Gasteiger partial charge < -0.3 is 0 Å². The molecule has 3 heteroatoms. The highest BCUT2D eigenvalue weighted by atomic mass is 35.5. The maximum Gasteiger partial charge on any atom is 0.157 e. The van der Waals surface area contributed by atoms with Crippen LogP contribution in [0.2, 0.25) is 5.02 Å². The van der Waals surface area contributed by atoms with Crippen LogP contribution in [0.5, 0.6) is 0 Å². The van der Waals surface area contributed by atoms with Gasteiger partial charge in [-0.15, -0.1) is 0 Å². The molecule has 1 unspecified atom stereocenters. The average molecular weight is 316 g/mol. The number of benzene rings is 1. The molecule has 1 aromatic rings. The number of hydrogen-bond donors (Lipinski definition) is 0. The van der Waals surface area contributed by atoms with Crippen LogP contribution in [0.3, 0.4) is 0 Å². The number of nitrogens with zero attached hydrogens (tertiary/aromatic N) is 1. The van der Waals surface area contributed by atoms with Crippen molar-refractivity contribution in [1.82, 2.24) is 0 Å². The molecule has 0 heterocycles. The van der Waals surface area contributed by atoms with E-state index >= 15 is 0 Å². The summed E-state index contributed by atoms with van der Waals surface area (Å²) < 4.78 is 0. The number of rotatable bonds is 3. The lowest BCUT2D eigenvalue weighted by Crippen LogP contribution is -2.03. The second kappa shape index (κ2) is 7.06. The second-order valence-electron chi connectivity index (χ2n) is 5.95. The maximum atomic E-state index is 11.9. The molecule has 0 N–H and O–H groups in total. The quantitative estimate of drug-likeness (QED) is 0.697. The lowest BCUT2D eigenvalue weighted by atomic mass is 10.0. The molecular formula is C19H22ClNO. The van der Waals surface area contributed by atoms with Crippen molar-refractivity contribution in [2.75, 3.05) is 0 Å². The van der Waals surface area contributed by atoms with Crippen LogP contribution in [0.4, 0.5) is 0 Å². The van der Waals surface area contributed by atoms with Gasteiger partial charge in [-0.3, -0.25) is 9.79 Å². The lowest BCUT2D eigenvalue weighted by Gasteiger charge is -2.09. The average Bonchev–Trinajstić information content (AvgIpc) is 2.64. The molecule has 2 rings (SSSR count). The molecule has 0 bridgehead atoms. The van der Waals surface area contributed by atoms with E-state index in [2.05, 4.69) is 13.0 Å². The Morgan fingerprint density at radius 2 is 2.05 bits per heavy atom. The van der Waals surface area contributed by atoms with Crippen LogP contribution in [-0.2, 0) is 4.79 Å². The molecule has 1 atom stereocenters. The number of ketones is 1. The third kappa shape index (κ3) is 3.95. The van der Waals surface area contributed by atoms with Crippen molar-refractivity contribution in [3.8, 4) is 0 Å². The first-order valence-electron chi connectivity index (χ1n) is 7.62. The standard InChI is InChI=1S/C19H22ClNO/c1-12-5-9-17(15(4)22)19(10-6-12)21-14(3)18-11-16(20)8-7-13(18)2/h6-8,10-12H,5,9H2,1-4H3. The van der Waals surface area contributed by atoms with Crippen LogP contribution in [-0.4, -0.2) is 11.5 Å². The first-order valence-corrected chi connectivity index (χ1v) is 8.00. The van der Waals surface area contributed by atoms with Gasteiger partial charge in [-0.1, -0.05) is 30.7 Å². The summed E-state index contributed by atoms with van der Waals surface area (Å²) in [6, 6.07) is 5.79. The second-order valence-corrected chi connectivity index (χ2v) is 6.39. The number of aliphatic imine (C=N–C) groups is 1. The monoisotopic (exact) mass is 315 g/mol. The largest absolute Gasteiger partial charge is 0.295 e. The van der Waals surface area contributed by atoms with E-state index in [0.717, 1.165) is 41.0 Å². The highest BCUT2D eigenvalue weighted by molar-refractivity contribution is 6.31. The van der Waals surface area contributed by atoms with Gasteiger partial charge in [0.05, 0.1) is 5.70 Å². The minimum atomic E-state index is 0.105. The van der Waals surface area contributed by atoms with Crippen LogP contribution >= 0.6 is 11.6 Å². The van der Waals surface area contributed by atoms with Crippen molar-refractivity contribution in [3.63, 3.8) is 0 Å². The van der Waals surface area contributed by atoms with Crippen molar-refractivity contribution in [2.45, 2.75) is 40.5 Å². The first-order chi connectivity index (χ1) is 10.4. The van der Waals surface area contributed by atoms with E-state index in [-0.39, 0.29) is 5.78 Å². The summed E-state index contributed by atoms with van der Waals surface area (Å²) in [5, 5.41) is 0.695. The van der Waals surface area contributed by atoms with Crippen LogP contribution in [0, 0.1) is 12.8 Å². The van der Waals surface area contributed by atoms with E-state index in [1.807, 2.05) is 38.1 Å². The van der Waals surface area contributed by atoms with Crippen molar-refractivity contribution >= 4 is 23.1 Å².